The van der Waals surface area contributed by atoms with Crippen LogP contribution in [-0.2, 0) is 11.2 Å². The molecule has 100 valence electrons. The molecule has 4 heteroatoms. The maximum atomic E-state index is 12.2. The zero-order valence-electron chi connectivity index (χ0n) is 10.9. The summed E-state index contributed by atoms with van der Waals surface area (Å²) in [6, 6.07) is 7.95. The number of rotatable bonds is 6. The Kier molecular flexibility index (Phi) is 6.36. The Bertz CT molecular complexity index is 376. The first kappa shape index (κ1) is 15.2. The molecule has 0 bridgehead atoms. The van der Waals surface area contributed by atoms with Gasteiger partial charge in [0.1, 0.15) is 0 Å². The van der Waals surface area contributed by atoms with Crippen LogP contribution >= 0.6 is 15.9 Å². The van der Waals surface area contributed by atoms with E-state index in [0.29, 0.717) is 19.4 Å². The second-order valence-corrected chi connectivity index (χ2v) is 5.48. The van der Waals surface area contributed by atoms with E-state index in [4.69, 9.17) is 5.11 Å². The van der Waals surface area contributed by atoms with E-state index >= 15 is 0 Å². The summed E-state index contributed by atoms with van der Waals surface area (Å²) in [5, 5.41) is 8.86. The Labute approximate surface area is 117 Å². The predicted octanol–water partition coefficient (Wildman–Crippen LogP) is 2.61. The first-order valence-electron chi connectivity index (χ1n) is 6.19. The Balaban J connectivity index is 2.63. The fourth-order valence-corrected chi connectivity index (χ4v) is 2.05. The SMILES string of the molecule is CC(C)N(CCCO)C(=O)Cc1ccc(Br)cc1. The zero-order valence-corrected chi connectivity index (χ0v) is 12.5. The maximum absolute atomic E-state index is 12.2. The Morgan fingerprint density at radius 2 is 1.94 bits per heavy atom. The van der Waals surface area contributed by atoms with Gasteiger partial charge in [-0.15, -0.1) is 0 Å². The molecule has 0 heterocycles. The highest BCUT2D eigenvalue weighted by atomic mass is 79.9. The molecule has 1 rings (SSSR count). The molecule has 0 saturated heterocycles. The van der Waals surface area contributed by atoms with Gasteiger partial charge >= 0.3 is 0 Å². The summed E-state index contributed by atoms with van der Waals surface area (Å²) >= 11 is 3.37. The molecule has 3 nitrogen and oxygen atoms in total. The molecule has 0 radical (unpaired) electrons. The molecule has 0 saturated carbocycles. The molecular weight excluding hydrogens is 294 g/mol. The van der Waals surface area contributed by atoms with E-state index in [9.17, 15) is 4.79 Å². The van der Waals surface area contributed by atoms with Crippen LogP contribution in [0.15, 0.2) is 28.7 Å². The highest BCUT2D eigenvalue weighted by Crippen LogP contribution is 2.12. The smallest absolute Gasteiger partial charge is 0.227 e. The van der Waals surface area contributed by atoms with Gasteiger partial charge in [0.2, 0.25) is 5.91 Å². The highest BCUT2D eigenvalue weighted by Gasteiger charge is 2.16. The van der Waals surface area contributed by atoms with E-state index in [-0.39, 0.29) is 18.6 Å². The molecule has 1 N–H and O–H groups in total. The average molecular weight is 314 g/mol. The second-order valence-electron chi connectivity index (χ2n) is 4.56. The largest absolute Gasteiger partial charge is 0.396 e. The first-order valence-corrected chi connectivity index (χ1v) is 6.98. The summed E-state index contributed by atoms with van der Waals surface area (Å²) in [4.78, 5) is 14.0. The fourth-order valence-electron chi connectivity index (χ4n) is 1.79. The first-order chi connectivity index (χ1) is 8.54. The molecule has 0 aliphatic heterocycles. The van der Waals surface area contributed by atoms with Crippen molar-refractivity contribution in [1.29, 1.82) is 0 Å². The van der Waals surface area contributed by atoms with Crippen LogP contribution in [0.3, 0.4) is 0 Å². The third kappa shape index (κ3) is 4.78. The van der Waals surface area contributed by atoms with Crippen molar-refractivity contribution in [3.8, 4) is 0 Å². The Hall–Kier alpha value is -0.870. The van der Waals surface area contributed by atoms with Gasteiger partial charge in [-0.05, 0) is 38.0 Å². The zero-order chi connectivity index (χ0) is 13.5. The topological polar surface area (TPSA) is 40.5 Å². The molecule has 0 unspecified atom stereocenters. The standard InChI is InChI=1S/C14H20BrNO2/c1-11(2)16(8-3-9-17)14(18)10-12-4-6-13(15)7-5-12/h4-7,11,17H,3,8-10H2,1-2H3. The number of benzene rings is 1. The molecule has 18 heavy (non-hydrogen) atoms. The molecule has 1 aromatic carbocycles. The summed E-state index contributed by atoms with van der Waals surface area (Å²) in [6.07, 6.45) is 1.04. The van der Waals surface area contributed by atoms with Crippen molar-refractivity contribution in [2.45, 2.75) is 32.7 Å². The van der Waals surface area contributed by atoms with Crippen LogP contribution in [0.2, 0.25) is 0 Å². The van der Waals surface area contributed by atoms with Gasteiger partial charge in [0.05, 0.1) is 6.42 Å². The predicted molar refractivity (Wildman–Crippen MR) is 76.4 cm³/mol. The number of hydrogen-bond donors (Lipinski definition) is 1. The molecule has 0 aliphatic rings. The van der Waals surface area contributed by atoms with Crippen LogP contribution in [0.1, 0.15) is 25.8 Å². The van der Waals surface area contributed by atoms with Crippen LogP contribution in [0.4, 0.5) is 0 Å². The number of aliphatic hydroxyl groups is 1. The van der Waals surface area contributed by atoms with Crippen LogP contribution in [0.5, 0.6) is 0 Å². The fraction of sp³-hybridized carbons (Fsp3) is 0.500. The van der Waals surface area contributed by atoms with E-state index in [1.165, 1.54) is 0 Å². The van der Waals surface area contributed by atoms with Crippen LogP contribution in [-0.4, -0.2) is 35.1 Å². The number of carbonyl (C=O) groups excluding carboxylic acids is 1. The van der Waals surface area contributed by atoms with Gasteiger partial charge in [-0.3, -0.25) is 4.79 Å². The minimum Gasteiger partial charge on any atom is -0.396 e. The van der Waals surface area contributed by atoms with Gasteiger partial charge < -0.3 is 10.0 Å². The van der Waals surface area contributed by atoms with Gasteiger partial charge in [-0.2, -0.15) is 0 Å². The van der Waals surface area contributed by atoms with Crippen molar-refractivity contribution >= 4 is 21.8 Å². The van der Waals surface area contributed by atoms with Crippen molar-refractivity contribution in [2.24, 2.45) is 0 Å². The van der Waals surface area contributed by atoms with Crippen LogP contribution < -0.4 is 0 Å². The van der Waals surface area contributed by atoms with Crippen molar-refractivity contribution in [3.05, 3.63) is 34.3 Å². The lowest BCUT2D eigenvalue weighted by atomic mass is 10.1. The number of halogens is 1. The lowest BCUT2D eigenvalue weighted by molar-refractivity contribution is -0.132. The van der Waals surface area contributed by atoms with Crippen molar-refractivity contribution in [1.82, 2.24) is 4.90 Å². The van der Waals surface area contributed by atoms with Gasteiger partial charge in [-0.1, -0.05) is 28.1 Å². The summed E-state index contributed by atoms with van der Waals surface area (Å²) in [5.74, 6) is 0.112. The highest BCUT2D eigenvalue weighted by molar-refractivity contribution is 9.10. The molecule has 0 aromatic heterocycles. The molecule has 1 aromatic rings. The van der Waals surface area contributed by atoms with E-state index in [2.05, 4.69) is 15.9 Å². The summed E-state index contributed by atoms with van der Waals surface area (Å²) < 4.78 is 1.01. The quantitative estimate of drug-likeness (QED) is 0.877. The minimum atomic E-state index is 0.112. The summed E-state index contributed by atoms with van der Waals surface area (Å²) in [7, 11) is 0. The van der Waals surface area contributed by atoms with Crippen molar-refractivity contribution in [2.75, 3.05) is 13.2 Å². The van der Waals surface area contributed by atoms with Gasteiger partial charge in [0, 0.05) is 23.7 Å². The molecule has 0 fully saturated rings. The molecule has 0 aliphatic carbocycles. The summed E-state index contributed by atoms with van der Waals surface area (Å²) in [5.41, 5.74) is 1.01. The second kappa shape index (κ2) is 7.54. The normalized spacial score (nSPS) is 10.7. The van der Waals surface area contributed by atoms with E-state index in [0.717, 1.165) is 10.0 Å². The third-order valence-corrected chi connectivity index (χ3v) is 3.30. The third-order valence-electron chi connectivity index (χ3n) is 2.77. The summed E-state index contributed by atoms with van der Waals surface area (Å²) in [6.45, 7) is 4.73. The Morgan fingerprint density at radius 3 is 2.44 bits per heavy atom. The van der Waals surface area contributed by atoms with Gasteiger partial charge in [0.25, 0.3) is 0 Å². The van der Waals surface area contributed by atoms with Crippen molar-refractivity contribution < 1.29 is 9.90 Å². The lowest BCUT2D eigenvalue weighted by Gasteiger charge is -2.26. The van der Waals surface area contributed by atoms with Crippen molar-refractivity contribution in [3.63, 3.8) is 0 Å². The average Bonchev–Trinajstić information content (AvgIpc) is 2.32. The van der Waals surface area contributed by atoms with Gasteiger partial charge in [0.15, 0.2) is 0 Å². The van der Waals surface area contributed by atoms with Crippen LogP contribution in [0, 0.1) is 0 Å². The van der Waals surface area contributed by atoms with E-state index in [1.54, 1.807) is 0 Å². The number of nitrogens with zero attached hydrogens (tertiary/aromatic N) is 1. The number of carbonyl (C=O) groups is 1. The lowest BCUT2D eigenvalue weighted by Crippen LogP contribution is -2.39. The number of aliphatic hydroxyl groups excluding tert-OH is 1. The molecule has 0 atom stereocenters. The maximum Gasteiger partial charge on any atom is 0.227 e. The molecule has 1 amide bonds. The monoisotopic (exact) mass is 313 g/mol. The minimum absolute atomic E-state index is 0.112. The van der Waals surface area contributed by atoms with Gasteiger partial charge in [-0.25, -0.2) is 0 Å². The number of amides is 1. The van der Waals surface area contributed by atoms with E-state index < -0.39 is 0 Å². The molecule has 0 spiro atoms. The molecular formula is C14H20BrNO2. The van der Waals surface area contributed by atoms with E-state index in [1.807, 2.05) is 43.0 Å². The Morgan fingerprint density at radius 1 is 1.33 bits per heavy atom. The van der Waals surface area contributed by atoms with Crippen LogP contribution in [0.25, 0.3) is 0 Å². The number of hydrogen-bond acceptors (Lipinski definition) is 2.